The zero-order valence-electron chi connectivity index (χ0n) is 18.8. The molecule has 7 heteroatoms. The number of rotatable bonds is 8. The van der Waals surface area contributed by atoms with Gasteiger partial charge in [-0.25, -0.2) is 4.39 Å². The Morgan fingerprint density at radius 3 is 2.37 bits per heavy atom. The third-order valence-electron chi connectivity index (χ3n) is 5.61. The molecule has 0 aliphatic carbocycles. The number of fused-ring (bicyclic) bond motifs is 1. The van der Waals surface area contributed by atoms with Crippen LogP contribution in [0.4, 0.5) is 10.1 Å². The van der Waals surface area contributed by atoms with Crippen LogP contribution in [-0.4, -0.2) is 28.1 Å². The molecule has 0 spiro atoms. The predicted octanol–water partition coefficient (Wildman–Crippen LogP) is 5.05. The van der Waals surface area contributed by atoms with E-state index in [1.807, 2.05) is 54.6 Å². The molecular formula is C28H22FN3O3. The van der Waals surface area contributed by atoms with Crippen molar-refractivity contribution in [1.29, 1.82) is 5.26 Å². The van der Waals surface area contributed by atoms with Gasteiger partial charge in [0.2, 0.25) is 0 Å². The monoisotopic (exact) mass is 467 g/mol. The molecule has 0 radical (unpaired) electrons. The molecule has 0 atom stereocenters. The summed E-state index contributed by atoms with van der Waals surface area (Å²) in [5, 5.41) is 19.5. The summed E-state index contributed by atoms with van der Waals surface area (Å²) in [6.07, 6.45) is 3.49. The lowest BCUT2D eigenvalue weighted by Crippen LogP contribution is -2.33. The second-order valence-electron chi connectivity index (χ2n) is 7.97. The molecule has 0 aliphatic heterocycles. The average Bonchev–Trinajstić information content (AvgIpc) is 3.19. The van der Waals surface area contributed by atoms with E-state index >= 15 is 0 Å². The summed E-state index contributed by atoms with van der Waals surface area (Å²) in [5.74, 6) is -2.06. The highest BCUT2D eigenvalue weighted by Crippen LogP contribution is 2.26. The van der Waals surface area contributed by atoms with E-state index in [2.05, 4.69) is 0 Å². The Morgan fingerprint density at radius 2 is 1.71 bits per heavy atom. The maximum Gasteiger partial charge on any atom is 0.323 e. The lowest BCUT2D eigenvalue weighted by molar-refractivity contribution is -0.137. The topological polar surface area (TPSA) is 86.3 Å². The lowest BCUT2D eigenvalue weighted by atomic mass is 10.1. The number of carbonyl (C=O) groups is 2. The van der Waals surface area contributed by atoms with Crippen LogP contribution in [-0.2, 0) is 22.6 Å². The number of carboxylic acids is 1. The molecule has 1 heterocycles. The van der Waals surface area contributed by atoms with Gasteiger partial charge in [-0.3, -0.25) is 9.59 Å². The minimum absolute atomic E-state index is 0.138. The first-order valence-electron chi connectivity index (χ1n) is 11.0. The maximum atomic E-state index is 14.0. The second-order valence-corrected chi connectivity index (χ2v) is 7.97. The number of carboxylic acid groups (broad SMARTS) is 1. The van der Waals surface area contributed by atoms with Gasteiger partial charge in [-0.1, -0.05) is 48.5 Å². The van der Waals surface area contributed by atoms with E-state index in [4.69, 9.17) is 0 Å². The van der Waals surface area contributed by atoms with Crippen molar-refractivity contribution in [2.45, 2.75) is 13.0 Å². The number of carbonyl (C=O) groups excluding carboxylic acids is 1. The number of benzene rings is 3. The van der Waals surface area contributed by atoms with Crippen molar-refractivity contribution in [2.24, 2.45) is 0 Å². The van der Waals surface area contributed by atoms with Crippen LogP contribution in [0.5, 0.6) is 0 Å². The number of hydrogen-bond acceptors (Lipinski definition) is 3. The Morgan fingerprint density at radius 1 is 1.03 bits per heavy atom. The molecule has 0 bridgehead atoms. The zero-order valence-corrected chi connectivity index (χ0v) is 18.8. The molecule has 1 amide bonds. The van der Waals surface area contributed by atoms with Crippen LogP contribution in [0.1, 0.15) is 11.1 Å². The molecule has 35 heavy (non-hydrogen) atoms. The lowest BCUT2D eigenvalue weighted by Gasteiger charge is -2.22. The van der Waals surface area contributed by atoms with E-state index in [0.717, 1.165) is 5.56 Å². The van der Waals surface area contributed by atoms with Crippen molar-refractivity contribution in [1.82, 2.24) is 4.57 Å². The minimum Gasteiger partial charge on any atom is -0.480 e. The fourth-order valence-electron chi connectivity index (χ4n) is 3.97. The number of para-hydroxylation sites is 1. The predicted molar refractivity (Wildman–Crippen MR) is 132 cm³/mol. The normalized spacial score (nSPS) is 11.3. The first-order chi connectivity index (χ1) is 17.0. The van der Waals surface area contributed by atoms with E-state index in [-0.39, 0.29) is 12.1 Å². The van der Waals surface area contributed by atoms with Crippen molar-refractivity contribution >= 4 is 34.5 Å². The van der Waals surface area contributed by atoms with Gasteiger partial charge in [-0.15, -0.1) is 0 Å². The molecule has 0 unspecified atom stereocenters. The molecular weight excluding hydrogens is 445 g/mol. The number of amides is 1. The van der Waals surface area contributed by atoms with Gasteiger partial charge in [-0.05, 0) is 48.4 Å². The van der Waals surface area contributed by atoms with Crippen molar-refractivity contribution in [3.05, 3.63) is 108 Å². The summed E-state index contributed by atoms with van der Waals surface area (Å²) in [4.78, 5) is 26.4. The fourth-order valence-corrected chi connectivity index (χ4v) is 3.97. The van der Waals surface area contributed by atoms with Crippen molar-refractivity contribution in [2.75, 3.05) is 11.4 Å². The SMILES string of the molecule is N#C/C(=C\c1cn(CC(=O)O)c2ccc(F)cc12)C(=O)N(CCc1ccccc1)c1ccccc1. The van der Waals surface area contributed by atoms with Gasteiger partial charge < -0.3 is 14.6 Å². The number of halogens is 1. The second kappa shape index (κ2) is 10.5. The largest absolute Gasteiger partial charge is 0.480 e. The number of nitriles is 1. The third-order valence-corrected chi connectivity index (χ3v) is 5.61. The van der Waals surface area contributed by atoms with Crippen molar-refractivity contribution in [3.63, 3.8) is 0 Å². The molecule has 0 saturated carbocycles. The Kier molecular flexibility index (Phi) is 7.03. The Balaban J connectivity index is 1.73. The molecule has 4 rings (SSSR count). The van der Waals surface area contributed by atoms with E-state index in [1.54, 1.807) is 17.0 Å². The number of hydrogen-bond donors (Lipinski definition) is 1. The number of aromatic nitrogens is 1. The van der Waals surface area contributed by atoms with E-state index in [0.29, 0.717) is 35.1 Å². The molecule has 1 N–H and O–H groups in total. The van der Waals surface area contributed by atoms with Gasteiger partial charge >= 0.3 is 5.97 Å². The van der Waals surface area contributed by atoms with Crippen LogP contribution >= 0.6 is 0 Å². The molecule has 6 nitrogen and oxygen atoms in total. The third kappa shape index (κ3) is 5.45. The highest BCUT2D eigenvalue weighted by Gasteiger charge is 2.21. The molecule has 174 valence electrons. The zero-order chi connectivity index (χ0) is 24.8. The molecule has 1 aromatic heterocycles. The van der Waals surface area contributed by atoms with Crippen molar-refractivity contribution in [3.8, 4) is 6.07 Å². The number of nitrogens with zero attached hydrogens (tertiary/aromatic N) is 3. The molecule has 0 saturated heterocycles. The Bertz CT molecular complexity index is 1440. The first-order valence-corrected chi connectivity index (χ1v) is 11.0. The van der Waals surface area contributed by atoms with Crippen LogP contribution in [0.2, 0.25) is 0 Å². The average molecular weight is 468 g/mol. The number of aliphatic carboxylic acids is 1. The molecule has 0 fully saturated rings. The van der Waals surface area contributed by atoms with E-state index < -0.39 is 17.7 Å². The van der Waals surface area contributed by atoms with Crippen LogP contribution in [0.3, 0.4) is 0 Å². The highest BCUT2D eigenvalue weighted by atomic mass is 19.1. The molecule has 3 aromatic carbocycles. The van der Waals surface area contributed by atoms with Crippen LogP contribution in [0.25, 0.3) is 17.0 Å². The molecule has 4 aromatic rings. The summed E-state index contributed by atoms with van der Waals surface area (Å²) < 4.78 is 15.4. The Hall–Kier alpha value is -4.70. The minimum atomic E-state index is -1.06. The standard InChI is InChI=1S/C28H22FN3O3/c29-23-11-12-26-25(16-23)22(18-31(26)19-27(33)34)15-21(17-30)28(35)32(24-9-5-2-6-10-24)14-13-20-7-3-1-4-8-20/h1-12,15-16,18H,13-14,19H2,(H,33,34)/b21-15+. The van der Waals surface area contributed by atoms with E-state index in [1.165, 1.54) is 35.0 Å². The summed E-state index contributed by atoms with van der Waals surface area (Å²) in [6.45, 7) is 0.0142. The smallest absolute Gasteiger partial charge is 0.323 e. The quantitative estimate of drug-likeness (QED) is 0.290. The van der Waals surface area contributed by atoms with Gasteiger partial charge in [0, 0.05) is 34.9 Å². The van der Waals surface area contributed by atoms with Gasteiger partial charge in [-0.2, -0.15) is 5.26 Å². The van der Waals surface area contributed by atoms with Crippen LogP contribution in [0, 0.1) is 17.1 Å². The fraction of sp³-hybridized carbons (Fsp3) is 0.107. The highest BCUT2D eigenvalue weighted by molar-refractivity contribution is 6.12. The summed E-state index contributed by atoms with van der Waals surface area (Å²) in [7, 11) is 0. The first kappa shape index (κ1) is 23.5. The van der Waals surface area contributed by atoms with Gasteiger partial charge in [0.1, 0.15) is 24.0 Å². The van der Waals surface area contributed by atoms with Crippen LogP contribution in [0.15, 0.2) is 90.6 Å². The summed E-state index contributed by atoms with van der Waals surface area (Å²) in [5.41, 5.74) is 2.45. The van der Waals surface area contributed by atoms with Crippen molar-refractivity contribution < 1.29 is 19.1 Å². The molecule has 0 aliphatic rings. The summed E-state index contributed by atoms with van der Waals surface area (Å²) >= 11 is 0. The maximum absolute atomic E-state index is 14.0. The van der Waals surface area contributed by atoms with Gasteiger partial charge in [0.05, 0.1) is 0 Å². The van der Waals surface area contributed by atoms with Gasteiger partial charge in [0.15, 0.2) is 0 Å². The Labute approximate surface area is 201 Å². The van der Waals surface area contributed by atoms with Gasteiger partial charge in [0.25, 0.3) is 5.91 Å². The van der Waals surface area contributed by atoms with Crippen LogP contribution < -0.4 is 4.90 Å². The number of anilines is 1. The summed E-state index contributed by atoms with van der Waals surface area (Å²) in [6, 6.07) is 24.8. The van der Waals surface area contributed by atoms with E-state index in [9.17, 15) is 24.3 Å².